The molecule has 2 unspecified atom stereocenters. The Balaban J connectivity index is 2.33. The normalized spacial score (nSPS) is 28.1. The van der Waals surface area contributed by atoms with Gasteiger partial charge in [-0.25, -0.2) is 0 Å². The van der Waals surface area contributed by atoms with Crippen LogP contribution in [0.1, 0.15) is 33.1 Å². The molecule has 0 aromatic rings. The predicted molar refractivity (Wildman–Crippen MR) is 59.4 cm³/mol. The van der Waals surface area contributed by atoms with E-state index in [1.165, 1.54) is 0 Å². The van der Waals surface area contributed by atoms with Crippen LogP contribution in [0.25, 0.3) is 0 Å². The third-order valence-corrected chi connectivity index (χ3v) is 3.09. The van der Waals surface area contributed by atoms with Gasteiger partial charge >= 0.3 is 0 Å². The monoisotopic (exact) mass is 214 g/mol. The van der Waals surface area contributed by atoms with E-state index in [0.29, 0.717) is 6.10 Å². The highest BCUT2D eigenvalue weighted by Gasteiger charge is 2.27. The zero-order chi connectivity index (χ0) is 11.4. The van der Waals surface area contributed by atoms with Crippen LogP contribution in [0, 0.1) is 5.92 Å². The molecule has 1 rings (SSSR count). The van der Waals surface area contributed by atoms with E-state index in [9.17, 15) is 4.79 Å². The molecule has 0 heterocycles. The van der Waals surface area contributed by atoms with Gasteiger partial charge in [-0.1, -0.05) is 13.8 Å². The number of nitrogens with two attached hydrogens (primary N) is 1. The summed E-state index contributed by atoms with van der Waals surface area (Å²) in [5.74, 6) is 0.149. The largest absolute Gasteiger partial charge is 0.381 e. The fourth-order valence-electron chi connectivity index (χ4n) is 1.89. The summed E-state index contributed by atoms with van der Waals surface area (Å²) < 4.78 is 5.25. The summed E-state index contributed by atoms with van der Waals surface area (Å²) in [5.41, 5.74) is 5.76. The van der Waals surface area contributed by atoms with Crippen LogP contribution in [0.4, 0.5) is 0 Å². The second-order valence-electron chi connectivity index (χ2n) is 4.65. The van der Waals surface area contributed by atoms with E-state index in [-0.39, 0.29) is 17.9 Å². The molecule has 1 aliphatic carbocycles. The molecule has 0 radical (unpaired) electrons. The van der Waals surface area contributed by atoms with Crippen molar-refractivity contribution in [1.29, 1.82) is 0 Å². The Morgan fingerprint density at radius 1 is 1.47 bits per heavy atom. The van der Waals surface area contributed by atoms with Crippen LogP contribution in [0.15, 0.2) is 0 Å². The van der Waals surface area contributed by atoms with Crippen LogP contribution in [-0.4, -0.2) is 31.2 Å². The number of methoxy groups -OCH3 is 1. The molecule has 4 nitrogen and oxygen atoms in total. The Bertz CT molecular complexity index is 219. The molecule has 1 fully saturated rings. The number of hydrogen-bond donors (Lipinski definition) is 2. The minimum absolute atomic E-state index is 0.0354. The smallest absolute Gasteiger partial charge is 0.237 e. The van der Waals surface area contributed by atoms with Crippen molar-refractivity contribution < 1.29 is 9.53 Å². The summed E-state index contributed by atoms with van der Waals surface area (Å²) >= 11 is 0. The number of ether oxygens (including phenoxy) is 1. The SMILES string of the molecule is COC1CCC(NC(=O)[C@@H](N)C(C)C)C1. The van der Waals surface area contributed by atoms with E-state index in [2.05, 4.69) is 5.32 Å². The van der Waals surface area contributed by atoms with Crippen molar-refractivity contribution in [2.45, 2.75) is 51.3 Å². The van der Waals surface area contributed by atoms with Crippen molar-refractivity contribution in [3.05, 3.63) is 0 Å². The fourth-order valence-corrected chi connectivity index (χ4v) is 1.89. The molecule has 3 atom stereocenters. The molecular weight excluding hydrogens is 192 g/mol. The van der Waals surface area contributed by atoms with Crippen LogP contribution < -0.4 is 11.1 Å². The van der Waals surface area contributed by atoms with Crippen molar-refractivity contribution in [2.24, 2.45) is 11.7 Å². The molecule has 0 spiro atoms. The minimum atomic E-state index is -0.397. The number of amides is 1. The summed E-state index contributed by atoms with van der Waals surface area (Å²) in [7, 11) is 1.72. The van der Waals surface area contributed by atoms with E-state index in [1.807, 2.05) is 13.8 Å². The second kappa shape index (κ2) is 5.47. The van der Waals surface area contributed by atoms with Crippen molar-refractivity contribution in [2.75, 3.05) is 7.11 Å². The molecule has 3 N–H and O–H groups in total. The van der Waals surface area contributed by atoms with Gasteiger partial charge in [0.15, 0.2) is 0 Å². The zero-order valence-corrected chi connectivity index (χ0v) is 9.82. The van der Waals surface area contributed by atoms with Gasteiger partial charge in [-0.2, -0.15) is 0 Å². The van der Waals surface area contributed by atoms with Crippen molar-refractivity contribution in [3.8, 4) is 0 Å². The summed E-state index contributed by atoms with van der Waals surface area (Å²) in [6.45, 7) is 3.91. The molecule has 1 saturated carbocycles. The first-order valence-corrected chi connectivity index (χ1v) is 5.63. The highest BCUT2D eigenvalue weighted by molar-refractivity contribution is 5.82. The summed E-state index contributed by atoms with van der Waals surface area (Å²) in [6, 6.07) is -0.154. The van der Waals surface area contributed by atoms with Gasteiger partial charge in [0, 0.05) is 13.2 Å². The quantitative estimate of drug-likeness (QED) is 0.722. The van der Waals surface area contributed by atoms with Crippen LogP contribution in [0.2, 0.25) is 0 Å². The van der Waals surface area contributed by atoms with Gasteiger partial charge in [-0.05, 0) is 25.2 Å². The van der Waals surface area contributed by atoms with Crippen molar-refractivity contribution >= 4 is 5.91 Å². The van der Waals surface area contributed by atoms with E-state index in [1.54, 1.807) is 7.11 Å². The fraction of sp³-hybridized carbons (Fsp3) is 0.909. The first-order valence-electron chi connectivity index (χ1n) is 5.63. The predicted octanol–water partition coefficient (Wildman–Crippen LogP) is 0.653. The van der Waals surface area contributed by atoms with Gasteiger partial charge < -0.3 is 15.8 Å². The number of carbonyl (C=O) groups excluding carboxylic acids is 1. The van der Waals surface area contributed by atoms with E-state index >= 15 is 0 Å². The Labute approximate surface area is 91.5 Å². The molecule has 0 bridgehead atoms. The standard InChI is InChI=1S/C11H22N2O2/c1-7(2)10(12)11(14)13-8-4-5-9(6-8)15-3/h7-10H,4-6,12H2,1-3H3,(H,13,14)/t8?,9?,10-/m0/s1. The maximum atomic E-state index is 11.7. The topological polar surface area (TPSA) is 64.3 Å². The highest BCUT2D eigenvalue weighted by atomic mass is 16.5. The van der Waals surface area contributed by atoms with Crippen molar-refractivity contribution in [3.63, 3.8) is 0 Å². The molecule has 15 heavy (non-hydrogen) atoms. The van der Waals surface area contributed by atoms with Gasteiger partial charge in [-0.15, -0.1) is 0 Å². The van der Waals surface area contributed by atoms with Gasteiger partial charge in [0.25, 0.3) is 0 Å². The lowest BCUT2D eigenvalue weighted by Gasteiger charge is -2.19. The molecule has 0 aromatic carbocycles. The Kier molecular flexibility index (Phi) is 4.54. The van der Waals surface area contributed by atoms with Crippen LogP contribution in [0.3, 0.4) is 0 Å². The molecule has 1 amide bonds. The van der Waals surface area contributed by atoms with Gasteiger partial charge in [0.1, 0.15) is 0 Å². The first-order chi connectivity index (χ1) is 7.04. The summed E-state index contributed by atoms with van der Waals surface area (Å²) in [5, 5.41) is 2.98. The van der Waals surface area contributed by atoms with Gasteiger partial charge in [0.05, 0.1) is 12.1 Å². The molecular formula is C11H22N2O2. The van der Waals surface area contributed by atoms with Gasteiger partial charge in [0.2, 0.25) is 5.91 Å². The molecule has 1 aliphatic rings. The lowest BCUT2D eigenvalue weighted by Crippen LogP contribution is -2.47. The average molecular weight is 214 g/mol. The lowest BCUT2D eigenvalue weighted by molar-refractivity contribution is -0.123. The van der Waals surface area contributed by atoms with E-state index < -0.39 is 6.04 Å². The summed E-state index contributed by atoms with van der Waals surface area (Å²) in [6.07, 6.45) is 3.23. The highest BCUT2D eigenvalue weighted by Crippen LogP contribution is 2.21. The Morgan fingerprint density at radius 2 is 2.13 bits per heavy atom. The third kappa shape index (κ3) is 3.47. The van der Waals surface area contributed by atoms with Crippen LogP contribution in [0.5, 0.6) is 0 Å². The average Bonchev–Trinajstić information content (AvgIpc) is 2.64. The van der Waals surface area contributed by atoms with Crippen LogP contribution >= 0.6 is 0 Å². The number of nitrogens with one attached hydrogen (secondary N) is 1. The maximum absolute atomic E-state index is 11.7. The molecule has 0 saturated heterocycles. The molecule has 88 valence electrons. The molecule has 0 aliphatic heterocycles. The first kappa shape index (κ1) is 12.5. The molecule has 0 aromatic heterocycles. The Morgan fingerprint density at radius 3 is 2.60 bits per heavy atom. The van der Waals surface area contributed by atoms with Crippen LogP contribution in [-0.2, 0) is 9.53 Å². The lowest BCUT2D eigenvalue weighted by atomic mass is 10.0. The van der Waals surface area contributed by atoms with Gasteiger partial charge in [-0.3, -0.25) is 4.79 Å². The Hall–Kier alpha value is -0.610. The molecule has 4 heteroatoms. The van der Waals surface area contributed by atoms with Crippen molar-refractivity contribution in [1.82, 2.24) is 5.32 Å². The third-order valence-electron chi connectivity index (χ3n) is 3.09. The number of rotatable bonds is 4. The number of hydrogen-bond acceptors (Lipinski definition) is 3. The second-order valence-corrected chi connectivity index (χ2v) is 4.65. The zero-order valence-electron chi connectivity index (χ0n) is 9.82. The number of carbonyl (C=O) groups is 1. The summed E-state index contributed by atoms with van der Waals surface area (Å²) in [4.78, 5) is 11.7. The maximum Gasteiger partial charge on any atom is 0.237 e. The minimum Gasteiger partial charge on any atom is -0.381 e. The van der Waals surface area contributed by atoms with E-state index in [4.69, 9.17) is 10.5 Å². The van der Waals surface area contributed by atoms with E-state index in [0.717, 1.165) is 19.3 Å².